The van der Waals surface area contributed by atoms with Gasteiger partial charge < -0.3 is 0 Å². The zero-order chi connectivity index (χ0) is 22.9. The van der Waals surface area contributed by atoms with Crippen LogP contribution < -0.4 is 9.80 Å². The van der Waals surface area contributed by atoms with E-state index in [0.717, 1.165) is 20.3 Å². The normalized spacial score (nSPS) is 13.7. The Labute approximate surface area is 202 Å². The molecule has 0 N–H and O–H groups in total. The van der Waals surface area contributed by atoms with E-state index in [1.165, 1.54) is 16.2 Å². The average Bonchev–Trinajstić information content (AvgIpc) is 3.40. The van der Waals surface area contributed by atoms with Gasteiger partial charge in [0.1, 0.15) is 0 Å². The number of hydrogen-bond acceptors (Lipinski definition) is 5. The molecule has 1 aliphatic rings. The number of thiazole rings is 1. The molecule has 0 bridgehead atoms. The first-order valence-corrected chi connectivity index (χ1v) is 12.0. The molecule has 6 nitrogen and oxygen atoms in total. The van der Waals surface area contributed by atoms with Gasteiger partial charge in [-0.2, -0.15) is 0 Å². The quantitative estimate of drug-likeness (QED) is 0.323. The number of carbonyl (C=O) groups excluding carboxylic acids is 3. The van der Waals surface area contributed by atoms with E-state index in [1.54, 1.807) is 29.2 Å². The number of halogens is 1. The van der Waals surface area contributed by atoms with Crippen LogP contribution in [0.15, 0.2) is 77.3 Å². The van der Waals surface area contributed by atoms with E-state index < -0.39 is 0 Å². The number of fused-ring (bicyclic) bond motifs is 1. The number of aromatic nitrogens is 1. The molecular formula is C25H18BrN3O3S. The van der Waals surface area contributed by atoms with Gasteiger partial charge in [0, 0.05) is 22.9 Å². The van der Waals surface area contributed by atoms with Crippen LogP contribution in [0.5, 0.6) is 0 Å². The van der Waals surface area contributed by atoms with Crippen LogP contribution in [0.4, 0.5) is 10.8 Å². The lowest BCUT2D eigenvalue weighted by molar-refractivity contribution is -0.121. The van der Waals surface area contributed by atoms with Crippen molar-refractivity contribution in [1.82, 2.24) is 4.98 Å². The van der Waals surface area contributed by atoms with Crippen molar-refractivity contribution in [2.45, 2.75) is 19.4 Å². The number of anilines is 2. The highest BCUT2D eigenvalue weighted by Gasteiger charge is 2.30. The molecule has 1 aliphatic heterocycles. The smallest absolute Gasteiger partial charge is 0.260 e. The average molecular weight is 520 g/mol. The zero-order valence-corrected chi connectivity index (χ0v) is 19.8. The Morgan fingerprint density at radius 3 is 2.36 bits per heavy atom. The van der Waals surface area contributed by atoms with Crippen molar-refractivity contribution in [2.75, 3.05) is 9.80 Å². The van der Waals surface area contributed by atoms with Crippen molar-refractivity contribution in [3.05, 3.63) is 88.4 Å². The van der Waals surface area contributed by atoms with E-state index in [4.69, 9.17) is 4.98 Å². The molecule has 0 atom stereocenters. The fraction of sp³-hybridized carbons (Fsp3) is 0.120. The van der Waals surface area contributed by atoms with Crippen molar-refractivity contribution in [1.29, 1.82) is 0 Å². The van der Waals surface area contributed by atoms with Gasteiger partial charge in [-0.25, -0.2) is 4.98 Å². The molecule has 0 spiro atoms. The van der Waals surface area contributed by atoms with Crippen LogP contribution in [0.1, 0.15) is 28.8 Å². The molecule has 8 heteroatoms. The number of carbonyl (C=O) groups is 3. The van der Waals surface area contributed by atoms with Crippen molar-refractivity contribution in [3.8, 4) is 0 Å². The standard InChI is InChI=1S/C25H18BrN3O3S/c26-18-8-11-20-21(14-18)33-25(27-20)28(15-16-4-2-1-3-5-16)24(32)17-6-9-19(10-7-17)29-22(30)12-13-23(29)31/h1-11,14H,12-13,15H2. The molecule has 33 heavy (non-hydrogen) atoms. The topological polar surface area (TPSA) is 70.6 Å². The van der Waals surface area contributed by atoms with Gasteiger partial charge in [-0.05, 0) is 48.0 Å². The van der Waals surface area contributed by atoms with Crippen LogP contribution >= 0.6 is 27.3 Å². The fourth-order valence-electron chi connectivity index (χ4n) is 3.77. The first kappa shape index (κ1) is 21.5. The van der Waals surface area contributed by atoms with Crippen molar-refractivity contribution < 1.29 is 14.4 Å². The summed E-state index contributed by atoms with van der Waals surface area (Å²) in [6.45, 7) is 0.367. The third kappa shape index (κ3) is 4.31. The van der Waals surface area contributed by atoms with E-state index in [0.29, 0.717) is 22.9 Å². The van der Waals surface area contributed by atoms with Crippen LogP contribution in [0.25, 0.3) is 10.2 Å². The molecule has 2 heterocycles. The lowest BCUT2D eigenvalue weighted by Crippen LogP contribution is -2.31. The highest BCUT2D eigenvalue weighted by molar-refractivity contribution is 9.10. The zero-order valence-electron chi connectivity index (χ0n) is 17.4. The molecular weight excluding hydrogens is 502 g/mol. The molecule has 0 unspecified atom stereocenters. The van der Waals surface area contributed by atoms with Gasteiger partial charge in [-0.15, -0.1) is 0 Å². The molecule has 5 rings (SSSR count). The van der Waals surface area contributed by atoms with E-state index in [2.05, 4.69) is 15.9 Å². The Morgan fingerprint density at radius 1 is 0.970 bits per heavy atom. The number of amides is 3. The second-order valence-corrected chi connectivity index (χ2v) is 9.58. The Morgan fingerprint density at radius 2 is 1.67 bits per heavy atom. The second kappa shape index (κ2) is 8.88. The van der Waals surface area contributed by atoms with Crippen molar-refractivity contribution >= 4 is 66.0 Å². The fourth-order valence-corrected chi connectivity index (χ4v) is 5.28. The molecule has 1 aromatic heterocycles. The van der Waals surface area contributed by atoms with Crippen LogP contribution in [-0.2, 0) is 16.1 Å². The predicted molar refractivity (Wildman–Crippen MR) is 132 cm³/mol. The van der Waals surface area contributed by atoms with Gasteiger partial charge in [0.25, 0.3) is 5.91 Å². The Hall–Kier alpha value is -3.36. The Balaban J connectivity index is 1.49. The summed E-state index contributed by atoms with van der Waals surface area (Å²) in [5.74, 6) is -0.640. The molecule has 1 saturated heterocycles. The highest BCUT2D eigenvalue weighted by Crippen LogP contribution is 2.33. The van der Waals surface area contributed by atoms with Gasteiger partial charge >= 0.3 is 0 Å². The van der Waals surface area contributed by atoms with Crippen LogP contribution in [0.2, 0.25) is 0 Å². The summed E-state index contributed by atoms with van der Waals surface area (Å²) in [5, 5.41) is 0.603. The molecule has 3 amide bonds. The van der Waals surface area contributed by atoms with Crippen LogP contribution in [0, 0.1) is 0 Å². The Kier molecular flexibility index (Phi) is 5.78. The molecule has 4 aromatic rings. The van der Waals surface area contributed by atoms with Gasteiger partial charge in [0.15, 0.2) is 5.13 Å². The third-order valence-corrected chi connectivity index (χ3v) is 6.96. The molecule has 1 fully saturated rings. The number of imide groups is 1. The highest BCUT2D eigenvalue weighted by atomic mass is 79.9. The molecule has 0 radical (unpaired) electrons. The van der Waals surface area contributed by atoms with E-state index in [-0.39, 0.29) is 30.6 Å². The lowest BCUT2D eigenvalue weighted by atomic mass is 10.1. The minimum Gasteiger partial charge on any atom is -0.279 e. The van der Waals surface area contributed by atoms with E-state index in [9.17, 15) is 14.4 Å². The SMILES string of the molecule is O=C(c1ccc(N2C(=O)CCC2=O)cc1)N(Cc1ccccc1)c1nc2ccc(Br)cc2s1. The number of benzene rings is 3. The van der Waals surface area contributed by atoms with Gasteiger partial charge in [-0.3, -0.25) is 24.2 Å². The third-order valence-electron chi connectivity index (χ3n) is 5.42. The molecule has 0 saturated carbocycles. The number of hydrogen-bond donors (Lipinski definition) is 0. The first-order chi connectivity index (χ1) is 16.0. The van der Waals surface area contributed by atoms with Gasteiger partial charge in [0.2, 0.25) is 11.8 Å². The van der Waals surface area contributed by atoms with E-state index in [1.807, 2.05) is 48.5 Å². The lowest BCUT2D eigenvalue weighted by Gasteiger charge is -2.21. The summed E-state index contributed by atoms with van der Waals surface area (Å²) >= 11 is 4.94. The van der Waals surface area contributed by atoms with E-state index >= 15 is 0 Å². The Bertz CT molecular complexity index is 1350. The summed E-state index contributed by atoms with van der Waals surface area (Å²) in [4.78, 5) is 45.2. The van der Waals surface area contributed by atoms with Gasteiger partial charge in [0.05, 0.1) is 22.4 Å². The van der Waals surface area contributed by atoms with Crippen LogP contribution in [-0.4, -0.2) is 22.7 Å². The second-order valence-electron chi connectivity index (χ2n) is 7.66. The summed E-state index contributed by atoms with van der Waals surface area (Å²) in [6, 6.07) is 22.2. The number of nitrogens with zero attached hydrogens (tertiary/aromatic N) is 3. The maximum atomic E-state index is 13.6. The minimum atomic E-state index is -0.217. The molecule has 0 aliphatic carbocycles. The maximum absolute atomic E-state index is 13.6. The first-order valence-electron chi connectivity index (χ1n) is 10.4. The predicted octanol–water partition coefficient (Wildman–Crippen LogP) is 5.56. The summed E-state index contributed by atoms with van der Waals surface area (Å²) in [6.07, 6.45) is 0.441. The van der Waals surface area contributed by atoms with Crippen molar-refractivity contribution in [3.63, 3.8) is 0 Å². The van der Waals surface area contributed by atoms with Crippen molar-refractivity contribution in [2.24, 2.45) is 0 Å². The van der Waals surface area contributed by atoms with Crippen LogP contribution in [0.3, 0.4) is 0 Å². The van der Waals surface area contributed by atoms with Gasteiger partial charge in [-0.1, -0.05) is 57.6 Å². The summed E-state index contributed by atoms with van der Waals surface area (Å²) < 4.78 is 1.93. The molecule has 3 aromatic carbocycles. The summed E-state index contributed by atoms with van der Waals surface area (Å²) in [5.41, 5.74) is 2.74. The minimum absolute atomic E-state index is 0.206. The summed E-state index contributed by atoms with van der Waals surface area (Å²) in [7, 11) is 0. The largest absolute Gasteiger partial charge is 0.279 e. The molecule has 164 valence electrons. The maximum Gasteiger partial charge on any atom is 0.260 e. The monoisotopic (exact) mass is 519 g/mol. The number of rotatable bonds is 5.